The van der Waals surface area contributed by atoms with Gasteiger partial charge in [0.1, 0.15) is 0 Å². The summed E-state index contributed by atoms with van der Waals surface area (Å²) in [4.78, 5) is 21.4. The van der Waals surface area contributed by atoms with E-state index in [2.05, 4.69) is 0 Å². The molecule has 0 aromatic heterocycles. The van der Waals surface area contributed by atoms with Gasteiger partial charge in [-0.25, -0.2) is 0 Å². The third-order valence-electron chi connectivity index (χ3n) is 2.57. The summed E-state index contributed by atoms with van der Waals surface area (Å²) in [5, 5.41) is 10.5. The van der Waals surface area contributed by atoms with E-state index < -0.39 is 4.92 Å². The fourth-order valence-electron chi connectivity index (χ4n) is 1.83. The normalized spacial score (nSPS) is 19.5. The van der Waals surface area contributed by atoms with Gasteiger partial charge in [0.15, 0.2) is 5.78 Å². The molecule has 0 saturated carbocycles. The zero-order valence-electron chi connectivity index (χ0n) is 7.69. The van der Waals surface area contributed by atoms with E-state index in [1.807, 2.05) is 6.92 Å². The number of ketones is 1. The minimum absolute atomic E-state index is 0.00815. The predicted molar refractivity (Wildman–Crippen MR) is 50.5 cm³/mol. The molecule has 1 aromatic carbocycles. The fourth-order valence-corrected chi connectivity index (χ4v) is 1.83. The van der Waals surface area contributed by atoms with Gasteiger partial charge in [0, 0.05) is 24.1 Å². The Balaban J connectivity index is 2.55. The summed E-state index contributed by atoms with van der Waals surface area (Å²) in [7, 11) is 0. The number of fused-ring (bicyclic) bond motifs is 1. The summed E-state index contributed by atoms with van der Waals surface area (Å²) in [6, 6.07) is 4.51. The molecular weight excluding hydrogens is 182 g/mol. The van der Waals surface area contributed by atoms with Crippen LogP contribution in [0.3, 0.4) is 0 Å². The number of Topliss-reactive ketones (excluding diaryl/α,β-unsaturated/α-hetero) is 1. The van der Waals surface area contributed by atoms with E-state index in [0.717, 1.165) is 5.56 Å². The molecule has 1 atom stereocenters. The smallest absolute Gasteiger partial charge is 0.270 e. The van der Waals surface area contributed by atoms with Crippen LogP contribution in [-0.2, 0) is 0 Å². The molecule has 1 aliphatic carbocycles. The average molecular weight is 191 g/mol. The first-order valence-electron chi connectivity index (χ1n) is 4.41. The van der Waals surface area contributed by atoms with Crippen molar-refractivity contribution in [2.45, 2.75) is 19.3 Å². The van der Waals surface area contributed by atoms with Gasteiger partial charge in [-0.2, -0.15) is 0 Å². The molecule has 72 valence electrons. The first-order valence-corrected chi connectivity index (χ1v) is 4.41. The molecule has 0 saturated heterocycles. The van der Waals surface area contributed by atoms with Gasteiger partial charge in [0.2, 0.25) is 0 Å². The molecule has 0 N–H and O–H groups in total. The van der Waals surface area contributed by atoms with E-state index in [1.165, 1.54) is 12.1 Å². The number of carbonyl (C=O) groups is 1. The molecule has 1 aromatic rings. The van der Waals surface area contributed by atoms with Crippen molar-refractivity contribution in [2.24, 2.45) is 0 Å². The van der Waals surface area contributed by atoms with Crippen molar-refractivity contribution in [3.63, 3.8) is 0 Å². The molecule has 0 fully saturated rings. The molecular formula is C10H9NO3. The highest BCUT2D eigenvalue weighted by atomic mass is 16.6. The topological polar surface area (TPSA) is 60.2 Å². The molecule has 14 heavy (non-hydrogen) atoms. The Morgan fingerprint density at radius 3 is 2.86 bits per heavy atom. The molecule has 0 amide bonds. The van der Waals surface area contributed by atoms with Crippen LogP contribution in [0.4, 0.5) is 5.69 Å². The van der Waals surface area contributed by atoms with Crippen molar-refractivity contribution in [1.29, 1.82) is 0 Å². The van der Waals surface area contributed by atoms with Gasteiger partial charge in [0.25, 0.3) is 5.69 Å². The quantitative estimate of drug-likeness (QED) is 0.505. The van der Waals surface area contributed by atoms with Crippen LogP contribution in [0.15, 0.2) is 18.2 Å². The van der Waals surface area contributed by atoms with Crippen LogP contribution in [0, 0.1) is 10.1 Å². The summed E-state index contributed by atoms with van der Waals surface area (Å²) in [6.07, 6.45) is 0.469. The number of nitro groups is 1. The molecule has 4 nitrogen and oxygen atoms in total. The van der Waals surface area contributed by atoms with Crippen LogP contribution in [0.2, 0.25) is 0 Å². The minimum Gasteiger partial charge on any atom is -0.294 e. The van der Waals surface area contributed by atoms with Crippen molar-refractivity contribution in [2.75, 3.05) is 0 Å². The molecule has 0 radical (unpaired) electrons. The highest BCUT2D eigenvalue weighted by Crippen LogP contribution is 2.34. The lowest BCUT2D eigenvalue weighted by molar-refractivity contribution is -0.384. The maximum absolute atomic E-state index is 11.4. The molecule has 4 heteroatoms. The van der Waals surface area contributed by atoms with Gasteiger partial charge < -0.3 is 0 Å². The third-order valence-corrected chi connectivity index (χ3v) is 2.57. The second-order valence-electron chi connectivity index (χ2n) is 3.56. The van der Waals surface area contributed by atoms with Gasteiger partial charge in [-0.1, -0.05) is 13.0 Å². The monoisotopic (exact) mass is 191 g/mol. The van der Waals surface area contributed by atoms with Crippen molar-refractivity contribution >= 4 is 11.5 Å². The molecule has 0 spiro atoms. The average Bonchev–Trinajstić information content (AvgIpc) is 2.42. The lowest BCUT2D eigenvalue weighted by Gasteiger charge is -2.01. The predicted octanol–water partition coefficient (Wildman–Crippen LogP) is 2.28. The van der Waals surface area contributed by atoms with Crippen LogP contribution in [0.1, 0.15) is 35.2 Å². The Morgan fingerprint density at radius 1 is 1.50 bits per heavy atom. The Morgan fingerprint density at radius 2 is 2.21 bits per heavy atom. The maximum Gasteiger partial charge on any atom is 0.270 e. The lowest BCUT2D eigenvalue weighted by Crippen LogP contribution is -1.94. The zero-order chi connectivity index (χ0) is 10.3. The molecule has 0 bridgehead atoms. The van der Waals surface area contributed by atoms with Crippen molar-refractivity contribution < 1.29 is 9.72 Å². The van der Waals surface area contributed by atoms with Crippen LogP contribution >= 0.6 is 0 Å². The number of rotatable bonds is 1. The summed E-state index contributed by atoms with van der Waals surface area (Å²) in [5.41, 5.74) is 1.44. The Hall–Kier alpha value is -1.71. The highest BCUT2D eigenvalue weighted by Gasteiger charge is 2.27. The van der Waals surface area contributed by atoms with Crippen LogP contribution in [0.25, 0.3) is 0 Å². The largest absolute Gasteiger partial charge is 0.294 e. The van der Waals surface area contributed by atoms with Gasteiger partial charge >= 0.3 is 0 Å². The van der Waals surface area contributed by atoms with E-state index in [1.54, 1.807) is 6.07 Å². The number of hydrogen-bond acceptors (Lipinski definition) is 3. The van der Waals surface area contributed by atoms with Crippen LogP contribution in [0.5, 0.6) is 0 Å². The van der Waals surface area contributed by atoms with Crippen LogP contribution < -0.4 is 0 Å². The van der Waals surface area contributed by atoms with E-state index in [0.29, 0.717) is 12.0 Å². The van der Waals surface area contributed by atoms with Gasteiger partial charge in [0.05, 0.1) is 4.92 Å². The Labute approximate surface area is 80.7 Å². The standard InChI is InChI=1S/C10H9NO3/c1-6-4-10(12)9-5-7(11(13)14)2-3-8(6)9/h2-3,5-6H,4H2,1H3/t6-/m0/s1. The minimum atomic E-state index is -0.476. The van der Waals surface area contributed by atoms with Gasteiger partial charge in [-0.3, -0.25) is 14.9 Å². The summed E-state index contributed by atoms with van der Waals surface area (Å²) < 4.78 is 0. The molecule has 0 heterocycles. The first-order chi connectivity index (χ1) is 6.59. The lowest BCUT2D eigenvalue weighted by atomic mass is 10.0. The number of hydrogen-bond donors (Lipinski definition) is 0. The van der Waals surface area contributed by atoms with Crippen LogP contribution in [-0.4, -0.2) is 10.7 Å². The Bertz CT molecular complexity index is 425. The van der Waals surface area contributed by atoms with Crippen molar-refractivity contribution in [3.05, 3.63) is 39.4 Å². The summed E-state index contributed by atoms with van der Waals surface area (Å²) >= 11 is 0. The SMILES string of the molecule is C[C@H]1CC(=O)c2cc([N+](=O)[O-])ccc21. The number of benzene rings is 1. The second kappa shape index (κ2) is 2.90. The number of non-ortho nitro benzene ring substituents is 1. The van der Waals surface area contributed by atoms with Gasteiger partial charge in [-0.15, -0.1) is 0 Å². The Kier molecular flexibility index (Phi) is 1.84. The number of carbonyl (C=O) groups excluding carboxylic acids is 1. The van der Waals surface area contributed by atoms with E-state index in [9.17, 15) is 14.9 Å². The molecule has 0 aliphatic heterocycles. The summed E-state index contributed by atoms with van der Waals surface area (Å²) in [5.74, 6) is 0.203. The maximum atomic E-state index is 11.4. The van der Waals surface area contributed by atoms with E-state index in [4.69, 9.17) is 0 Å². The fraction of sp³-hybridized carbons (Fsp3) is 0.300. The second-order valence-corrected chi connectivity index (χ2v) is 3.56. The van der Waals surface area contributed by atoms with Crippen molar-refractivity contribution in [1.82, 2.24) is 0 Å². The first kappa shape index (κ1) is 8.87. The summed E-state index contributed by atoms with van der Waals surface area (Å²) in [6.45, 7) is 1.95. The number of nitrogens with zero attached hydrogens (tertiary/aromatic N) is 1. The van der Waals surface area contributed by atoms with E-state index >= 15 is 0 Å². The third kappa shape index (κ3) is 1.19. The molecule has 0 unspecified atom stereocenters. The number of nitro benzene ring substituents is 1. The van der Waals surface area contributed by atoms with Crippen molar-refractivity contribution in [3.8, 4) is 0 Å². The zero-order valence-corrected chi connectivity index (χ0v) is 7.69. The molecule has 1 aliphatic rings. The van der Waals surface area contributed by atoms with E-state index in [-0.39, 0.29) is 17.4 Å². The highest BCUT2D eigenvalue weighted by molar-refractivity contribution is 6.01. The molecule has 2 rings (SSSR count). The van der Waals surface area contributed by atoms with Gasteiger partial charge in [-0.05, 0) is 11.5 Å².